The van der Waals surface area contributed by atoms with E-state index in [9.17, 15) is 23.1 Å². The lowest BCUT2D eigenvalue weighted by Crippen LogP contribution is -2.39. The average molecular weight is 405 g/mol. The van der Waals surface area contributed by atoms with Crippen molar-refractivity contribution in [1.29, 1.82) is 5.26 Å². The van der Waals surface area contributed by atoms with Gasteiger partial charge in [-0.05, 0) is 24.6 Å². The number of nitrogens with zero attached hydrogens (tertiary/aromatic N) is 4. The number of aryl methyl sites for hydroxylation is 1. The monoisotopic (exact) mass is 405 g/mol. The van der Waals surface area contributed by atoms with Gasteiger partial charge < -0.3 is 15.3 Å². The van der Waals surface area contributed by atoms with Gasteiger partial charge in [0.1, 0.15) is 17.6 Å². The minimum atomic E-state index is -3.24. The van der Waals surface area contributed by atoms with E-state index in [1.54, 1.807) is 6.07 Å². The normalized spacial score (nSPS) is 20.2. The van der Waals surface area contributed by atoms with Gasteiger partial charge in [-0.1, -0.05) is 0 Å². The van der Waals surface area contributed by atoms with Crippen LogP contribution in [-0.4, -0.2) is 38.5 Å². The number of aliphatic hydroxyl groups is 1. The van der Waals surface area contributed by atoms with E-state index >= 15 is 0 Å². The first kappa shape index (κ1) is 19.3. The van der Waals surface area contributed by atoms with E-state index < -0.39 is 30.3 Å². The number of fused-ring (bicyclic) bond motifs is 3. The van der Waals surface area contributed by atoms with Crippen LogP contribution in [0.5, 0.6) is 0 Å². The van der Waals surface area contributed by atoms with Crippen molar-refractivity contribution < 1.29 is 23.1 Å². The second kappa shape index (κ2) is 7.08. The Bertz CT molecular complexity index is 1010. The smallest absolute Gasteiger partial charge is 0.322 e. The molecule has 3 heterocycles. The molecule has 1 aromatic carbocycles. The zero-order valence-electron chi connectivity index (χ0n) is 15.3. The van der Waals surface area contributed by atoms with Crippen molar-refractivity contribution >= 4 is 11.7 Å². The maximum Gasteiger partial charge on any atom is 0.322 e. The second-order valence-corrected chi connectivity index (χ2v) is 7.26. The van der Waals surface area contributed by atoms with E-state index in [1.807, 2.05) is 0 Å². The fraction of sp³-hybridized carbons (Fsp3) is 0.421. The second-order valence-electron chi connectivity index (χ2n) is 7.26. The minimum absolute atomic E-state index is 0.0471. The van der Waals surface area contributed by atoms with Crippen molar-refractivity contribution in [1.82, 2.24) is 14.7 Å². The van der Waals surface area contributed by atoms with Crippen molar-refractivity contribution in [3.8, 4) is 6.07 Å². The van der Waals surface area contributed by atoms with Crippen LogP contribution in [0.15, 0.2) is 18.2 Å². The Morgan fingerprint density at radius 2 is 2.17 bits per heavy atom. The predicted octanol–water partition coefficient (Wildman–Crippen LogP) is 2.73. The fourth-order valence-electron chi connectivity index (χ4n) is 3.83. The van der Waals surface area contributed by atoms with Crippen molar-refractivity contribution in [2.75, 3.05) is 11.9 Å². The first-order valence-corrected chi connectivity index (χ1v) is 9.19. The number of nitriles is 1. The van der Waals surface area contributed by atoms with Crippen LogP contribution in [0, 0.1) is 17.1 Å². The number of halogens is 3. The Morgan fingerprint density at radius 1 is 1.38 bits per heavy atom. The lowest BCUT2D eigenvalue weighted by molar-refractivity contribution is -0.0507. The molecule has 2 aliphatic heterocycles. The van der Waals surface area contributed by atoms with Crippen LogP contribution in [0.1, 0.15) is 35.4 Å². The van der Waals surface area contributed by atoms with Gasteiger partial charge in [-0.3, -0.25) is 4.68 Å². The Kier molecular flexibility index (Phi) is 4.70. The molecule has 1 atom stereocenters. The molecule has 0 saturated heterocycles. The Hall–Kier alpha value is -3.06. The molecule has 2 N–H and O–H groups in total. The number of anilines is 1. The van der Waals surface area contributed by atoms with Gasteiger partial charge in [0.2, 0.25) is 0 Å². The van der Waals surface area contributed by atoms with E-state index in [-0.39, 0.29) is 43.0 Å². The van der Waals surface area contributed by atoms with Crippen molar-refractivity contribution in [3.05, 3.63) is 46.5 Å². The van der Waals surface area contributed by atoms with Gasteiger partial charge in [0.15, 0.2) is 0 Å². The highest BCUT2D eigenvalue weighted by molar-refractivity contribution is 5.89. The van der Waals surface area contributed by atoms with Gasteiger partial charge in [-0.25, -0.2) is 9.18 Å². The number of alkyl halides is 2. The molecule has 2 aliphatic rings. The summed E-state index contributed by atoms with van der Waals surface area (Å²) in [5.41, 5.74) is 0.635. The first-order valence-electron chi connectivity index (χ1n) is 9.19. The first-order chi connectivity index (χ1) is 13.8. The number of carbonyl (C=O) groups excluding carboxylic acids is 1. The molecule has 2 amide bonds. The molecule has 29 heavy (non-hydrogen) atoms. The van der Waals surface area contributed by atoms with Gasteiger partial charge in [-0.2, -0.15) is 19.1 Å². The quantitative estimate of drug-likeness (QED) is 0.763. The number of rotatable bonds is 1. The van der Waals surface area contributed by atoms with Crippen LogP contribution in [0.3, 0.4) is 0 Å². The molecule has 0 spiro atoms. The number of aromatic nitrogens is 2. The van der Waals surface area contributed by atoms with E-state index in [0.29, 0.717) is 17.7 Å². The van der Waals surface area contributed by atoms with Crippen molar-refractivity contribution in [3.63, 3.8) is 0 Å². The summed E-state index contributed by atoms with van der Waals surface area (Å²) in [4.78, 5) is 14.0. The Labute approximate surface area is 164 Å². The van der Waals surface area contributed by atoms with Gasteiger partial charge in [0, 0.05) is 37.2 Å². The highest BCUT2D eigenvalue weighted by Crippen LogP contribution is 2.40. The summed E-state index contributed by atoms with van der Waals surface area (Å²) in [5, 5.41) is 25.5. The number of hydrogen-bond acceptors (Lipinski definition) is 4. The molecule has 1 aromatic heterocycles. The van der Waals surface area contributed by atoms with E-state index in [2.05, 4.69) is 10.4 Å². The molecule has 1 unspecified atom stereocenters. The van der Waals surface area contributed by atoms with Gasteiger partial charge in [-0.15, -0.1) is 0 Å². The number of aliphatic hydroxyl groups excluding tert-OH is 1. The third-order valence-corrected chi connectivity index (χ3v) is 5.24. The van der Waals surface area contributed by atoms with E-state index in [4.69, 9.17) is 5.26 Å². The highest BCUT2D eigenvalue weighted by Gasteiger charge is 2.44. The third kappa shape index (κ3) is 3.53. The summed E-state index contributed by atoms with van der Waals surface area (Å²) >= 11 is 0. The van der Waals surface area contributed by atoms with Crippen LogP contribution in [-0.2, 0) is 25.4 Å². The summed E-state index contributed by atoms with van der Waals surface area (Å²) in [6.07, 6.45) is -1.27. The molecule has 2 aromatic rings. The summed E-state index contributed by atoms with van der Waals surface area (Å²) < 4.78 is 44.1. The van der Waals surface area contributed by atoms with Crippen molar-refractivity contribution in [2.24, 2.45) is 0 Å². The maximum absolute atomic E-state index is 14.7. The Balaban J connectivity index is 1.57. The molecule has 152 valence electrons. The molecule has 0 fully saturated rings. The topological polar surface area (TPSA) is 94.2 Å². The van der Waals surface area contributed by atoms with Crippen LogP contribution in [0.25, 0.3) is 0 Å². The number of carbonyl (C=O) groups is 1. The lowest BCUT2D eigenvalue weighted by atomic mass is 9.99. The Morgan fingerprint density at radius 3 is 2.93 bits per heavy atom. The van der Waals surface area contributed by atoms with Crippen LogP contribution < -0.4 is 5.32 Å². The van der Waals surface area contributed by atoms with Crippen molar-refractivity contribution in [2.45, 2.75) is 44.4 Å². The van der Waals surface area contributed by atoms with Gasteiger partial charge in [0.05, 0.1) is 23.9 Å². The molecule has 0 radical (unpaired) electrons. The minimum Gasteiger partial charge on any atom is -0.393 e. The number of urea groups is 1. The number of nitrogens with one attached hydrogen (secondary N) is 1. The molecule has 4 rings (SSSR count). The zero-order chi connectivity index (χ0) is 20.8. The molecule has 0 aliphatic carbocycles. The SMILES string of the molecule is N#Cc1cc(NC(=O)N2CCc3nn4c(c3C2)C(F)(F)CC(O)CC4)ccc1F. The predicted molar refractivity (Wildman–Crippen MR) is 95.6 cm³/mol. The summed E-state index contributed by atoms with van der Waals surface area (Å²) in [6.45, 7) is 0.433. The molecule has 0 saturated carbocycles. The number of benzene rings is 1. The summed E-state index contributed by atoms with van der Waals surface area (Å²) in [7, 11) is 0. The molecular weight excluding hydrogens is 387 g/mol. The molecule has 7 nitrogen and oxygen atoms in total. The fourth-order valence-corrected chi connectivity index (χ4v) is 3.83. The lowest BCUT2D eigenvalue weighted by Gasteiger charge is -2.28. The maximum atomic E-state index is 14.7. The highest BCUT2D eigenvalue weighted by atomic mass is 19.3. The summed E-state index contributed by atoms with van der Waals surface area (Å²) in [5.74, 6) is -3.94. The zero-order valence-corrected chi connectivity index (χ0v) is 15.3. The third-order valence-electron chi connectivity index (χ3n) is 5.24. The molecular formula is C19H18F3N5O2. The van der Waals surface area contributed by atoms with E-state index in [1.165, 1.54) is 21.7 Å². The van der Waals surface area contributed by atoms with Crippen LogP contribution >= 0.6 is 0 Å². The van der Waals surface area contributed by atoms with Crippen LogP contribution in [0.4, 0.5) is 23.7 Å². The standard InChI is InChI=1S/C19H18F3N5O2/c20-15-2-1-12(7-11(15)9-23)24-18(29)26-5-4-16-14(10-26)17-19(21,22)8-13(28)3-6-27(17)25-16/h1-2,7,13,28H,3-6,8,10H2,(H,24,29). The largest absolute Gasteiger partial charge is 0.393 e. The average Bonchev–Trinajstić information content (AvgIpc) is 3.00. The molecule has 10 heteroatoms. The number of amides is 2. The van der Waals surface area contributed by atoms with Gasteiger partial charge >= 0.3 is 6.03 Å². The molecule has 0 bridgehead atoms. The summed E-state index contributed by atoms with van der Waals surface area (Å²) in [6, 6.07) is 4.77. The van der Waals surface area contributed by atoms with Gasteiger partial charge in [0.25, 0.3) is 5.92 Å². The number of hydrogen-bond donors (Lipinski definition) is 2. The van der Waals surface area contributed by atoms with Crippen LogP contribution in [0.2, 0.25) is 0 Å². The van der Waals surface area contributed by atoms with E-state index in [0.717, 1.165) is 6.07 Å².